The molecule has 6 nitrogen and oxygen atoms in total. The van der Waals surface area contributed by atoms with Crippen molar-refractivity contribution in [2.75, 3.05) is 6.61 Å². The Labute approximate surface area is 98.1 Å². The van der Waals surface area contributed by atoms with Crippen LogP contribution in [0.2, 0.25) is 0 Å². The lowest BCUT2D eigenvalue weighted by Gasteiger charge is -2.22. The van der Waals surface area contributed by atoms with Gasteiger partial charge in [-0.2, -0.15) is 0 Å². The molecule has 0 amide bonds. The average Bonchev–Trinajstić information content (AvgIpc) is 2.62. The third-order valence-corrected chi connectivity index (χ3v) is 3.23. The van der Waals surface area contributed by atoms with Crippen molar-refractivity contribution in [3.05, 3.63) is 26.4 Å². The van der Waals surface area contributed by atoms with Gasteiger partial charge in [0.2, 0.25) is 5.88 Å². The Kier molecular flexibility index (Phi) is 2.61. The second-order valence-electron chi connectivity index (χ2n) is 4.69. The molecule has 0 bridgehead atoms. The van der Waals surface area contributed by atoms with Crippen LogP contribution in [0.25, 0.3) is 0 Å². The number of nitrogens with zero attached hydrogens (tertiary/aromatic N) is 2. The first-order valence-electron chi connectivity index (χ1n) is 5.48. The van der Waals surface area contributed by atoms with Crippen LogP contribution >= 0.6 is 0 Å². The van der Waals surface area contributed by atoms with Gasteiger partial charge < -0.3 is 9.84 Å². The summed E-state index contributed by atoms with van der Waals surface area (Å²) in [6, 6.07) is 0. The van der Waals surface area contributed by atoms with Gasteiger partial charge in [-0.1, -0.05) is 0 Å². The summed E-state index contributed by atoms with van der Waals surface area (Å²) in [6.07, 6.45) is 0.850. The summed E-state index contributed by atoms with van der Waals surface area (Å²) in [4.78, 5) is 23.6. The van der Waals surface area contributed by atoms with Crippen LogP contribution in [-0.2, 0) is 20.5 Å². The minimum Gasteiger partial charge on any atom is -0.472 e. The van der Waals surface area contributed by atoms with E-state index in [-0.39, 0.29) is 12.2 Å². The van der Waals surface area contributed by atoms with Gasteiger partial charge in [0.15, 0.2) is 0 Å². The number of hydrogen-bond acceptors (Lipinski definition) is 4. The zero-order chi connectivity index (χ0) is 12.8. The van der Waals surface area contributed by atoms with Crippen molar-refractivity contribution in [2.24, 2.45) is 14.1 Å². The molecule has 17 heavy (non-hydrogen) atoms. The van der Waals surface area contributed by atoms with Crippen LogP contribution in [0.3, 0.4) is 0 Å². The highest BCUT2D eigenvalue weighted by Crippen LogP contribution is 2.33. The predicted octanol–water partition coefficient (Wildman–Crippen LogP) is -0.840. The minimum atomic E-state index is -0.602. The van der Waals surface area contributed by atoms with E-state index in [0.717, 1.165) is 4.57 Å². The molecule has 0 aromatic carbocycles. The Balaban J connectivity index is 2.60. The molecule has 0 radical (unpaired) electrons. The van der Waals surface area contributed by atoms with Crippen LogP contribution in [0, 0.1) is 0 Å². The molecule has 2 rings (SSSR count). The third-order valence-electron chi connectivity index (χ3n) is 3.23. The molecule has 1 aliphatic rings. The molecule has 0 aliphatic carbocycles. The number of rotatable bonds is 2. The van der Waals surface area contributed by atoms with Gasteiger partial charge in [-0.25, -0.2) is 4.79 Å². The summed E-state index contributed by atoms with van der Waals surface area (Å²) in [5, 5.41) is 8.99. The molecule has 1 N–H and O–H groups in total. The molecule has 1 atom stereocenters. The quantitative estimate of drug-likeness (QED) is 0.731. The molecule has 94 valence electrons. The highest BCUT2D eigenvalue weighted by Gasteiger charge is 2.38. The van der Waals surface area contributed by atoms with Crippen LogP contribution in [0.4, 0.5) is 0 Å². The van der Waals surface area contributed by atoms with Gasteiger partial charge in [0.05, 0.1) is 5.56 Å². The van der Waals surface area contributed by atoms with Crippen LogP contribution in [-0.4, -0.2) is 26.4 Å². The van der Waals surface area contributed by atoms with Gasteiger partial charge in [0.1, 0.15) is 5.60 Å². The highest BCUT2D eigenvalue weighted by molar-refractivity contribution is 5.31. The lowest BCUT2D eigenvalue weighted by molar-refractivity contribution is 0.0737. The van der Waals surface area contributed by atoms with E-state index < -0.39 is 11.3 Å². The van der Waals surface area contributed by atoms with Gasteiger partial charge >= 0.3 is 5.69 Å². The Morgan fingerprint density at radius 1 is 1.35 bits per heavy atom. The molecule has 1 aromatic rings. The first kappa shape index (κ1) is 11.9. The topological polar surface area (TPSA) is 73.5 Å². The maximum atomic E-state index is 11.9. The third kappa shape index (κ3) is 1.68. The van der Waals surface area contributed by atoms with E-state index in [2.05, 4.69) is 0 Å². The van der Waals surface area contributed by atoms with Gasteiger partial charge in [-0.05, 0) is 6.92 Å². The Hall–Kier alpha value is -1.56. The molecule has 0 spiro atoms. The number of fused-ring (bicyclic) bond motifs is 1. The number of hydrogen-bond donors (Lipinski definition) is 1. The molecule has 1 unspecified atom stereocenters. The molecule has 0 fully saturated rings. The summed E-state index contributed by atoms with van der Waals surface area (Å²) < 4.78 is 8.08. The molecule has 1 aliphatic heterocycles. The molecule has 2 heterocycles. The zero-order valence-corrected chi connectivity index (χ0v) is 10.2. The van der Waals surface area contributed by atoms with Crippen molar-refractivity contribution in [2.45, 2.75) is 25.4 Å². The van der Waals surface area contributed by atoms with Crippen molar-refractivity contribution < 1.29 is 9.84 Å². The molecule has 0 saturated heterocycles. The maximum Gasteiger partial charge on any atom is 0.333 e. The Bertz CT molecular complexity index is 572. The minimum absolute atomic E-state index is 0.0151. The fraction of sp³-hybridized carbons (Fsp3) is 0.636. The van der Waals surface area contributed by atoms with E-state index in [9.17, 15) is 9.59 Å². The first-order chi connectivity index (χ1) is 7.89. The van der Waals surface area contributed by atoms with Crippen molar-refractivity contribution in [3.63, 3.8) is 0 Å². The smallest absolute Gasteiger partial charge is 0.333 e. The van der Waals surface area contributed by atoms with Crippen molar-refractivity contribution >= 4 is 0 Å². The lowest BCUT2D eigenvalue weighted by Crippen LogP contribution is -2.38. The van der Waals surface area contributed by atoms with Crippen molar-refractivity contribution in [1.29, 1.82) is 0 Å². The van der Waals surface area contributed by atoms with E-state index in [1.807, 2.05) is 6.92 Å². The second-order valence-corrected chi connectivity index (χ2v) is 4.69. The summed E-state index contributed by atoms with van der Waals surface area (Å²) in [5.41, 5.74) is -0.813. The molecular formula is C11H16N2O4. The first-order valence-corrected chi connectivity index (χ1v) is 5.48. The van der Waals surface area contributed by atoms with Crippen LogP contribution in [0.5, 0.6) is 5.88 Å². The summed E-state index contributed by atoms with van der Waals surface area (Å²) in [6.45, 7) is 1.81. The maximum absolute atomic E-state index is 11.9. The van der Waals surface area contributed by atoms with Gasteiger partial charge in [-0.15, -0.1) is 0 Å². The fourth-order valence-corrected chi connectivity index (χ4v) is 2.20. The largest absolute Gasteiger partial charge is 0.472 e. The van der Waals surface area contributed by atoms with E-state index in [1.165, 1.54) is 11.6 Å². The molecule has 1 aromatic heterocycles. The van der Waals surface area contributed by atoms with E-state index >= 15 is 0 Å². The number of aliphatic hydroxyl groups is 1. The van der Waals surface area contributed by atoms with Gasteiger partial charge in [0.25, 0.3) is 5.56 Å². The van der Waals surface area contributed by atoms with E-state index in [1.54, 1.807) is 7.05 Å². The number of aliphatic hydroxyl groups excluding tert-OH is 1. The van der Waals surface area contributed by atoms with Crippen LogP contribution < -0.4 is 16.0 Å². The normalized spacial score (nSPS) is 22.4. The summed E-state index contributed by atoms with van der Waals surface area (Å²) in [7, 11) is 3.03. The van der Waals surface area contributed by atoms with Crippen molar-refractivity contribution in [3.8, 4) is 5.88 Å². The zero-order valence-electron chi connectivity index (χ0n) is 10.2. The van der Waals surface area contributed by atoms with Gasteiger partial charge in [-0.3, -0.25) is 13.9 Å². The number of aromatic nitrogens is 2. The Morgan fingerprint density at radius 2 is 2.00 bits per heavy atom. The second kappa shape index (κ2) is 3.73. The molecular weight excluding hydrogens is 224 g/mol. The molecule has 6 heteroatoms. The van der Waals surface area contributed by atoms with Crippen LogP contribution in [0.1, 0.15) is 18.9 Å². The van der Waals surface area contributed by atoms with E-state index in [0.29, 0.717) is 24.3 Å². The average molecular weight is 240 g/mol. The monoisotopic (exact) mass is 240 g/mol. The predicted molar refractivity (Wildman–Crippen MR) is 61.4 cm³/mol. The summed E-state index contributed by atoms with van der Waals surface area (Å²) in [5.74, 6) is 0.328. The molecule has 0 saturated carbocycles. The SMILES string of the molecule is Cn1c2c(c(=O)n(C)c1=O)CC(C)(CCO)O2. The van der Waals surface area contributed by atoms with Crippen LogP contribution in [0.15, 0.2) is 9.59 Å². The van der Waals surface area contributed by atoms with E-state index in [4.69, 9.17) is 9.84 Å². The summed E-state index contributed by atoms with van der Waals surface area (Å²) >= 11 is 0. The Morgan fingerprint density at radius 3 is 2.59 bits per heavy atom. The van der Waals surface area contributed by atoms with Gasteiger partial charge in [0, 0.05) is 33.5 Å². The lowest BCUT2D eigenvalue weighted by atomic mass is 9.97. The fourth-order valence-electron chi connectivity index (χ4n) is 2.20. The standard InChI is InChI=1S/C11H16N2O4/c1-11(4-5-14)6-7-8(15)12(2)10(16)13(3)9(7)17-11/h14H,4-6H2,1-3H3. The number of ether oxygens (including phenoxy) is 1. The van der Waals surface area contributed by atoms with Crippen molar-refractivity contribution in [1.82, 2.24) is 9.13 Å². The highest BCUT2D eigenvalue weighted by atomic mass is 16.5.